The zero-order valence-corrected chi connectivity index (χ0v) is 25.1. The predicted molar refractivity (Wildman–Crippen MR) is 153 cm³/mol. The van der Waals surface area contributed by atoms with Gasteiger partial charge in [0.1, 0.15) is 17.7 Å². The van der Waals surface area contributed by atoms with E-state index in [2.05, 4.69) is 10.6 Å². The molecule has 3 amide bonds. The van der Waals surface area contributed by atoms with Crippen molar-refractivity contribution in [2.45, 2.75) is 68.9 Å². The van der Waals surface area contributed by atoms with Gasteiger partial charge in [-0.3, -0.25) is 4.79 Å². The fraction of sp³-hybridized carbons (Fsp3) is 0.517. The molecule has 9 nitrogen and oxygen atoms in total. The molecule has 3 atom stereocenters. The summed E-state index contributed by atoms with van der Waals surface area (Å²) in [5, 5.41) is 15.7. The van der Waals surface area contributed by atoms with Crippen LogP contribution in [0.25, 0.3) is 0 Å². The molecule has 5 N–H and O–H groups in total. The lowest BCUT2D eigenvalue weighted by atomic mass is 9.96. The van der Waals surface area contributed by atoms with Crippen molar-refractivity contribution in [2.75, 3.05) is 25.1 Å². The predicted octanol–water partition coefficient (Wildman–Crippen LogP) is 3.24. The van der Waals surface area contributed by atoms with Crippen LogP contribution >= 0.6 is 0 Å². The number of alkyl halides is 3. The van der Waals surface area contributed by atoms with Crippen LogP contribution in [0.5, 0.6) is 0 Å². The van der Waals surface area contributed by atoms with E-state index in [1.54, 1.807) is 6.92 Å². The fourth-order valence-corrected chi connectivity index (χ4v) is 6.68. The van der Waals surface area contributed by atoms with E-state index in [1.165, 1.54) is 19.2 Å². The van der Waals surface area contributed by atoms with Crippen molar-refractivity contribution in [1.29, 1.82) is 0 Å². The first-order chi connectivity index (χ1) is 20.5. The quantitative estimate of drug-likeness (QED) is 0.232. The molecule has 1 saturated carbocycles. The van der Waals surface area contributed by atoms with E-state index in [1.807, 2.05) is 0 Å². The molecule has 15 heteroatoms. The van der Waals surface area contributed by atoms with Gasteiger partial charge in [-0.1, -0.05) is 25.5 Å². The number of nitrogens with one attached hydrogen (secondary N) is 2. The Morgan fingerprint density at radius 1 is 1.11 bits per heavy atom. The number of hydrogen-bond acceptors (Lipinski definition) is 6. The molecule has 0 aliphatic heterocycles. The van der Waals surface area contributed by atoms with Crippen molar-refractivity contribution >= 4 is 21.8 Å². The summed E-state index contributed by atoms with van der Waals surface area (Å²) in [6.45, 7) is 1.20. The van der Waals surface area contributed by atoms with E-state index in [-0.39, 0.29) is 36.1 Å². The molecule has 0 unspecified atom stereocenters. The SMILES string of the molecule is CCCCS(=O)(=O)C[C@@H](NC(=O)NC)C(=O)N(C[C@@H](O)[C@@H](N)Cc1cc(F)cc(F)c1)C1(c2cccc(C(F)(F)F)c2)CC1. The second kappa shape index (κ2) is 14.2. The number of carbonyl (C=O) groups is 2. The topological polar surface area (TPSA) is 142 Å². The first kappa shape index (κ1) is 35.2. The summed E-state index contributed by atoms with van der Waals surface area (Å²) >= 11 is 0. The molecule has 2 aromatic rings. The van der Waals surface area contributed by atoms with Gasteiger partial charge in [0.25, 0.3) is 0 Å². The lowest BCUT2D eigenvalue weighted by Crippen LogP contribution is -2.58. The Balaban J connectivity index is 2.02. The minimum atomic E-state index is -4.69. The summed E-state index contributed by atoms with van der Waals surface area (Å²) in [6, 6.07) is 3.31. The van der Waals surface area contributed by atoms with Crippen molar-refractivity contribution in [3.63, 3.8) is 0 Å². The molecular weight excluding hydrogens is 611 g/mol. The molecule has 244 valence electrons. The number of halogens is 5. The second-order valence-corrected chi connectivity index (χ2v) is 13.2. The lowest BCUT2D eigenvalue weighted by Gasteiger charge is -2.38. The van der Waals surface area contributed by atoms with Gasteiger partial charge < -0.3 is 26.4 Å². The Morgan fingerprint density at radius 3 is 2.30 bits per heavy atom. The lowest BCUT2D eigenvalue weighted by molar-refractivity contribution is -0.138. The van der Waals surface area contributed by atoms with Gasteiger partial charge >= 0.3 is 12.2 Å². The van der Waals surface area contributed by atoms with Gasteiger partial charge in [0.15, 0.2) is 9.84 Å². The van der Waals surface area contributed by atoms with Crippen LogP contribution in [0.4, 0.5) is 26.7 Å². The van der Waals surface area contributed by atoms with Gasteiger partial charge in [0.2, 0.25) is 5.91 Å². The first-order valence-corrected chi connectivity index (χ1v) is 15.9. The zero-order chi connectivity index (χ0) is 32.9. The third kappa shape index (κ3) is 9.11. The first-order valence-electron chi connectivity index (χ1n) is 14.1. The van der Waals surface area contributed by atoms with Crippen molar-refractivity contribution < 1.29 is 45.1 Å². The Labute approximate surface area is 252 Å². The number of urea groups is 1. The average molecular weight is 649 g/mol. The number of unbranched alkanes of at least 4 members (excludes halogenated alkanes) is 1. The summed E-state index contributed by atoms with van der Waals surface area (Å²) in [4.78, 5) is 27.5. The van der Waals surface area contributed by atoms with Crippen LogP contribution in [0.1, 0.15) is 49.3 Å². The second-order valence-electron chi connectivity index (χ2n) is 11.0. The van der Waals surface area contributed by atoms with Crippen LogP contribution in [0.15, 0.2) is 42.5 Å². The Morgan fingerprint density at radius 2 is 1.75 bits per heavy atom. The Bertz CT molecular complexity index is 1420. The number of carbonyl (C=O) groups excluding carboxylic acids is 2. The highest BCUT2D eigenvalue weighted by molar-refractivity contribution is 7.91. The van der Waals surface area contributed by atoms with E-state index in [9.17, 15) is 45.1 Å². The molecule has 0 bridgehead atoms. The van der Waals surface area contributed by atoms with Crippen molar-refractivity contribution in [1.82, 2.24) is 15.5 Å². The normalized spacial score (nSPS) is 16.5. The number of sulfone groups is 1. The molecular formula is C29H37F5N4O5S. The van der Waals surface area contributed by atoms with Crippen LogP contribution in [0.2, 0.25) is 0 Å². The van der Waals surface area contributed by atoms with Gasteiger partial charge in [-0.15, -0.1) is 0 Å². The molecule has 0 aromatic heterocycles. The minimum Gasteiger partial charge on any atom is -0.390 e. The molecule has 0 saturated heterocycles. The van der Waals surface area contributed by atoms with Crippen molar-refractivity contribution in [3.8, 4) is 0 Å². The molecule has 0 spiro atoms. The van der Waals surface area contributed by atoms with Crippen LogP contribution in [0.3, 0.4) is 0 Å². The third-order valence-corrected chi connectivity index (χ3v) is 9.30. The third-order valence-electron chi connectivity index (χ3n) is 7.55. The van der Waals surface area contributed by atoms with Crippen LogP contribution in [0, 0.1) is 11.6 Å². The summed E-state index contributed by atoms with van der Waals surface area (Å²) in [5.41, 5.74) is 4.03. The maximum Gasteiger partial charge on any atom is 0.416 e. The largest absolute Gasteiger partial charge is 0.416 e. The molecule has 0 radical (unpaired) electrons. The molecule has 2 aromatic carbocycles. The van der Waals surface area contributed by atoms with Crippen LogP contribution in [-0.4, -0.2) is 73.6 Å². The molecule has 1 aliphatic carbocycles. The van der Waals surface area contributed by atoms with E-state index in [0.29, 0.717) is 18.9 Å². The number of benzene rings is 2. The smallest absolute Gasteiger partial charge is 0.390 e. The van der Waals surface area contributed by atoms with E-state index >= 15 is 0 Å². The Kier molecular flexibility index (Phi) is 11.4. The maximum absolute atomic E-state index is 14.1. The van der Waals surface area contributed by atoms with E-state index < -0.39 is 81.2 Å². The summed E-state index contributed by atoms with van der Waals surface area (Å²) in [7, 11) is -2.63. The van der Waals surface area contributed by atoms with Gasteiger partial charge in [0, 0.05) is 25.7 Å². The highest BCUT2D eigenvalue weighted by Gasteiger charge is 2.54. The van der Waals surface area contributed by atoms with Gasteiger partial charge in [0.05, 0.1) is 28.7 Å². The molecule has 1 aliphatic rings. The number of aliphatic hydroxyl groups excluding tert-OH is 1. The standard InChI is InChI=1S/C29H37F5N4O5S/c1-3-4-10-44(42,43)17-24(37-27(41)36-2)26(40)38(16-25(39)23(35)13-18-11-21(30)15-22(31)12-18)28(8-9-28)19-6-5-7-20(14-19)29(32,33)34/h5-7,11-12,14-15,23-25,39H,3-4,8-10,13,16-17,35H2,1-2H3,(H2,36,37,41)/t23-,24+,25+/m0/s1. The average Bonchev–Trinajstić information content (AvgIpc) is 3.74. The van der Waals surface area contributed by atoms with Gasteiger partial charge in [-0.05, 0) is 61.1 Å². The number of aliphatic hydroxyl groups is 1. The summed E-state index contributed by atoms with van der Waals surface area (Å²) in [5.74, 6) is -3.75. The van der Waals surface area contributed by atoms with Crippen molar-refractivity contribution in [3.05, 3.63) is 70.8 Å². The zero-order valence-electron chi connectivity index (χ0n) is 24.3. The van der Waals surface area contributed by atoms with Crippen LogP contribution in [-0.2, 0) is 32.8 Å². The molecule has 44 heavy (non-hydrogen) atoms. The highest BCUT2D eigenvalue weighted by atomic mass is 32.2. The Hall–Kier alpha value is -3.30. The molecule has 0 heterocycles. The number of hydrogen-bond donors (Lipinski definition) is 4. The number of nitrogens with zero attached hydrogens (tertiary/aromatic N) is 1. The monoisotopic (exact) mass is 648 g/mol. The molecule has 1 fully saturated rings. The van der Waals surface area contributed by atoms with Gasteiger partial charge in [-0.2, -0.15) is 13.2 Å². The summed E-state index contributed by atoms with van der Waals surface area (Å²) < 4.78 is 94.0. The van der Waals surface area contributed by atoms with Crippen molar-refractivity contribution in [2.24, 2.45) is 5.73 Å². The number of amides is 3. The van der Waals surface area contributed by atoms with E-state index in [4.69, 9.17) is 5.73 Å². The number of nitrogens with two attached hydrogens (primary N) is 1. The fourth-order valence-electron chi connectivity index (χ4n) is 5.05. The minimum absolute atomic E-state index is 0.0983. The van der Waals surface area contributed by atoms with Gasteiger partial charge in [-0.25, -0.2) is 22.0 Å². The molecule has 3 rings (SSSR count). The maximum atomic E-state index is 14.1. The summed E-state index contributed by atoms with van der Waals surface area (Å²) in [6.07, 6.45) is -5.29. The van der Waals surface area contributed by atoms with Crippen LogP contribution < -0.4 is 16.4 Å². The highest BCUT2D eigenvalue weighted by Crippen LogP contribution is 2.52. The van der Waals surface area contributed by atoms with E-state index in [0.717, 1.165) is 29.2 Å². The number of rotatable bonds is 14.